The van der Waals surface area contributed by atoms with Crippen LogP contribution in [-0.2, 0) is 0 Å². The predicted octanol–water partition coefficient (Wildman–Crippen LogP) is 2.69. The Bertz CT molecular complexity index is 745. The highest BCUT2D eigenvalue weighted by atomic mass is 15.1. The van der Waals surface area contributed by atoms with Gasteiger partial charge in [-0.3, -0.25) is 0 Å². The van der Waals surface area contributed by atoms with Crippen molar-refractivity contribution in [2.45, 2.75) is 13.0 Å². The van der Waals surface area contributed by atoms with Crippen LogP contribution in [0.3, 0.4) is 0 Å². The van der Waals surface area contributed by atoms with Crippen molar-refractivity contribution in [2.24, 2.45) is 0 Å². The molecule has 22 heavy (non-hydrogen) atoms. The van der Waals surface area contributed by atoms with Crippen molar-refractivity contribution in [1.29, 1.82) is 0 Å². The van der Waals surface area contributed by atoms with Crippen molar-refractivity contribution in [1.82, 2.24) is 19.9 Å². The highest BCUT2D eigenvalue weighted by Crippen LogP contribution is 2.24. The van der Waals surface area contributed by atoms with Crippen LogP contribution in [0, 0.1) is 0 Å². The first-order valence-electron chi connectivity index (χ1n) is 6.93. The number of nitrogen functional groups attached to an aromatic ring is 1. The molecular formula is C16H16N6. The maximum atomic E-state index is 5.93. The molecule has 0 fully saturated rings. The van der Waals surface area contributed by atoms with Gasteiger partial charge in [0.25, 0.3) is 0 Å². The van der Waals surface area contributed by atoms with Crippen LogP contribution in [0.15, 0.2) is 55.2 Å². The molecule has 0 radical (unpaired) electrons. The molecule has 3 aromatic rings. The second-order valence-electron chi connectivity index (χ2n) is 4.89. The van der Waals surface area contributed by atoms with Gasteiger partial charge in [0.2, 0.25) is 0 Å². The SMILES string of the molecule is C[C@H](Nc1nc(-c2cncnc2)cnc1N)c1ccccc1. The van der Waals surface area contributed by atoms with Crippen LogP contribution >= 0.6 is 0 Å². The first-order valence-corrected chi connectivity index (χ1v) is 6.93. The van der Waals surface area contributed by atoms with E-state index in [1.54, 1.807) is 18.6 Å². The van der Waals surface area contributed by atoms with E-state index in [0.29, 0.717) is 17.3 Å². The summed E-state index contributed by atoms with van der Waals surface area (Å²) in [4.78, 5) is 16.7. The molecule has 0 saturated heterocycles. The minimum atomic E-state index is 0.0695. The molecule has 110 valence electrons. The number of nitrogens with zero attached hydrogens (tertiary/aromatic N) is 4. The van der Waals surface area contributed by atoms with Gasteiger partial charge in [-0.1, -0.05) is 30.3 Å². The smallest absolute Gasteiger partial charge is 0.170 e. The number of rotatable bonds is 4. The lowest BCUT2D eigenvalue weighted by molar-refractivity contribution is 0.873. The van der Waals surface area contributed by atoms with E-state index in [1.165, 1.54) is 6.33 Å². The van der Waals surface area contributed by atoms with E-state index in [4.69, 9.17) is 5.73 Å². The number of nitrogens with two attached hydrogens (primary N) is 1. The molecule has 0 aliphatic rings. The fourth-order valence-electron chi connectivity index (χ4n) is 2.11. The molecule has 0 unspecified atom stereocenters. The first-order chi connectivity index (χ1) is 10.7. The van der Waals surface area contributed by atoms with Gasteiger partial charge in [-0.25, -0.2) is 19.9 Å². The van der Waals surface area contributed by atoms with E-state index in [-0.39, 0.29) is 6.04 Å². The first kappa shape index (κ1) is 13.9. The number of nitrogens with one attached hydrogen (secondary N) is 1. The number of hydrogen-bond donors (Lipinski definition) is 2. The molecule has 1 aromatic carbocycles. The molecule has 3 rings (SSSR count). The number of hydrogen-bond acceptors (Lipinski definition) is 6. The van der Waals surface area contributed by atoms with Crippen molar-refractivity contribution in [3.8, 4) is 11.3 Å². The number of aromatic nitrogens is 4. The third-order valence-electron chi connectivity index (χ3n) is 3.31. The van der Waals surface area contributed by atoms with Crippen LogP contribution in [0.2, 0.25) is 0 Å². The van der Waals surface area contributed by atoms with Gasteiger partial charge in [-0.15, -0.1) is 0 Å². The zero-order valence-corrected chi connectivity index (χ0v) is 12.1. The molecular weight excluding hydrogens is 276 g/mol. The molecule has 0 saturated carbocycles. The lowest BCUT2D eigenvalue weighted by atomic mass is 10.1. The van der Waals surface area contributed by atoms with Crippen LogP contribution in [0.25, 0.3) is 11.3 Å². The quantitative estimate of drug-likeness (QED) is 0.768. The monoisotopic (exact) mass is 292 g/mol. The molecule has 0 aliphatic heterocycles. The average Bonchev–Trinajstić information content (AvgIpc) is 2.58. The number of anilines is 2. The summed E-state index contributed by atoms with van der Waals surface area (Å²) in [5, 5.41) is 3.30. The van der Waals surface area contributed by atoms with Crippen LogP contribution in [-0.4, -0.2) is 19.9 Å². The van der Waals surface area contributed by atoms with Gasteiger partial charge in [-0.2, -0.15) is 0 Å². The summed E-state index contributed by atoms with van der Waals surface area (Å²) in [5.74, 6) is 0.918. The molecule has 6 heteroatoms. The van der Waals surface area contributed by atoms with Crippen LogP contribution in [0.1, 0.15) is 18.5 Å². The molecule has 6 nitrogen and oxygen atoms in total. The maximum Gasteiger partial charge on any atom is 0.170 e. The third kappa shape index (κ3) is 3.01. The van der Waals surface area contributed by atoms with Gasteiger partial charge in [0.05, 0.1) is 17.9 Å². The summed E-state index contributed by atoms with van der Waals surface area (Å²) >= 11 is 0. The Kier molecular flexibility index (Phi) is 3.91. The topological polar surface area (TPSA) is 89.6 Å². The molecule has 2 aromatic heterocycles. The Labute approximate surface area is 128 Å². The second kappa shape index (κ2) is 6.17. The van der Waals surface area contributed by atoms with Gasteiger partial charge in [0, 0.05) is 18.0 Å². The standard InChI is InChI=1S/C16H16N6/c1-11(12-5-3-2-4-6-12)21-16-15(17)20-9-14(22-16)13-7-18-10-19-8-13/h2-11H,1H3,(H2,17,20)(H,21,22)/t11-/m0/s1. The highest BCUT2D eigenvalue weighted by Gasteiger charge is 2.11. The zero-order chi connectivity index (χ0) is 15.4. The van der Waals surface area contributed by atoms with E-state index in [2.05, 4.69) is 44.3 Å². The summed E-state index contributed by atoms with van der Waals surface area (Å²) in [6.45, 7) is 2.05. The third-order valence-corrected chi connectivity index (χ3v) is 3.31. The molecule has 1 atom stereocenters. The molecule has 0 bridgehead atoms. The van der Waals surface area contributed by atoms with Crippen molar-refractivity contribution in [3.05, 3.63) is 60.8 Å². The normalized spacial score (nSPS) is 11.9. The predicted molar refractivity (Wildman–Crippen MR) is 86.0 cm³/mol. The van der Waals surface area contributed by atoms with E-state index in [1.807, 2.05) is 18.2 Å². The van der Waals surface area contributed by atoms with E-state index < -0.39 is 0 Å². The van der Waals surface area contributed by atoms with Crippen molar-refractivity contribution in [2.75, 3.05) is 11.1 Å². The molecule has 0 aliphatic carbocycles. The van der Waals surface area contributed by atoms with Gasteiger partial charge < -0.3 is 11.1 Å². The Morgan fingerprint density at radius 1 is 1.05 bits per heavy atom. The van der Waals surface area contributed by atoms with Gasteiger partial charge in [-0.05, 0) is 12.5 Å². The minimum Gasteiger partial charge on any atom is -0.381 e. The summed E-state index contributed by atoms with van der Waals surface area (Å²) in [5.41, 5.74) is 8.55. The Hall–Kier alpha value is -3.02. The lowest BCUT2D eigenvalue weighted by Crippen LogP contribution is -2.11. The van der Waals surface area contributed by atoms with E-state index >= 15 is 0 Å². The van der Waals surface area contributed by atoms with Crippen LogP contribution < -0.4 is 11.1 Å². The van der Waals surface area contributed by atoms with Crippen LogP contribution in [0.4, 0.5) is 11.6 Å². The Morgan fingerprint density at radius 3 is 2.50 bits per heavy atom. The Morgan fingerprint density at radius 2 is 1.77 bits per heavy atom. The number of benzene rings is 1. The van der Waals surface area contributed by atoms with Gasteiger partial charge in [0.15, 0.2) is 11.6 Å². The maximum absolute atomic E-state index is 5.93. The largest absolute Gasteiger partial charge is 0.381 e. The summed E-state index contributed by atoms with van der Waals surface area (Å²) in [7, 11) is 0. The Balaban J connectivity index is 1.88. The van der Waals surface area contributed by atoms with Crippen LogP contribution in [0.5, 0.6) is 0 Å². The fraction of sp³-hybridized carbons (Fsp3) is 0.125. The van der Waals surface area contributed by atoms with Gasteiger partial charge in [0.1, 0.15) is 6.33 Å². The zero-order valence-electron chi connectivity index (χ0n) is 12.1. The molecule has 3 N–H and O–H groups in total. The summed E-state index contributed by atoms with van der Waals surface area (Å²) in [6.07, 6.45) is 6.48. The lowest BCUT2D eigenvalue weighted by Gasteiger charge is -2.16. The highest BCUT2D eigenvalue weighted by molar-refractivity contribution is 5.64. The van der Waals surface area contributed by atoms with Crippen molar-refractivity contribution < 1.29 is 0 Å². The summed E-state index contributed by atoms with van der Waals surface area (Å²) < 4.78 is 0. The second-order valence-corrected chi connectivity index (χ2v) is 4.89. The molecule has 2 heterocycles. The van der Waals surface area contributed by atoms with Gasteiger partial charge >= 0.3 is 0 Å². The van der Waals surface area contributed by atoms with Crippen molar-refractivity contribution in [3.63, 3.8) is 0 Å². The fourth-order valence-corrected chi connectivity index (χ4v) is 2.11. The minimum absolute atomic E-state index is 0.0695. The van der Waals surface area contributed by atoms with E-state index in [0.717, 1.165) is 11.1 Å². The van der Waals surface area contributed by atoms with E-state index in [9.17, 15) is 0 Å². The summed E-state index contributed by atoms with van der Waals surface area (Å²) in [6, 6.07) is 10.2. The molecule has 0 amide bonds. The van der Waals surface area contributed by atoms with Crippen molar-refractivity contribution >= 4 is 11.6 Å². The molecule has 0 spiro atoms. The average molecular weight is 292 g/mol.